The molecule has 20 heavy (non-hydrogen) atoms. The van der Waals surface area contributed by atoms with Crippen LogP contribution in [0.5, 0.6) is 0 Å². The molecule has 1 atom stereocenters. The van der Waals surface area contributed by atoms with Gasteiger partial charge in [0.15, 0.2) is 0 Å². The van der Waals surface area contributed by atoms with Gasteiger partial charge in [-0.1, -0.05) is 63.4 Å². The van der Waals surface area contributed by atoms with Gasteiger partial charge in [0.2, 0.25) is 0 Å². The quantitative estimate of drug-likeness (QED) is 0.808. The van der Waals surface area contributed by atoms with Crippen molar-refractivity contribution in [2.45, 2.75) is 58.0 Å². The maximum Gasteiger partial charge on any atom is 0.0472 e. The fourth-order valence-corrected chi connectivity index (χ4v) is 3.38. The van der Waals surface area contributed by atoms with Crippen molar-refractivity contribution in [3.8, 4) is 0 Å². The van der Waals surface area contributed by atoms with Gasteiger partial charge >= 0.3 is 0 Å². The van der Waals surface area contributed by atoms with E-state index in [1.54, 1.807) is 0 Å². The largest absolute Gasteiger partial charge is 0.312 e. The molecule has 0 bridgehead atoms. The van der Waals surface area contributed by atoms with E-state index in [0.29, 0.717) is 6.04 Å². The molecule has 0 radical (unpaired) electrons. The topological polar surface area (TPSA) is 15.3 Å². The van der Waals surface area contributed by atoms with E-state index in [-0.39, 0.29) is 0 Å². The summed E-state index contributed by atoms with van der Waals surface area (Å²) in [5.74, 6) is 0. The average Bonchev–Trinajstić information content (AvgIpc) is 2.53. The van der Waals surface area contributed by atoms with Gasteiger partial charge in [0.25, 0.3) is 0 Å². The van der Waals surface area contributed by atoms with Gasteiger partial charge in [-0.3, -0.25) is 4.90 Å². The third-order valence-electron chi connectivity index (χ3n) is 4.64. The van der Waals surface area contributed by atoms with Crippen LogP contribution in [0.2, 0.25) is 0 Å². The molecular weight excluding hydrogens is 244 g/mol. The number of benzene rings is 1. The monoisotopic (exact) mass is 274 g/mol. The lowest BCUT2D eigenvalue weighted by Gasteiger charge is -2.33. The maximum atomic E-state index is 3.83. The van der Waals surface area contributed by atoms with Crippen LogP contribution in [0.1, 0.15) is 57.6 Å². The standard InChI is InChI=1S/C18H30N2/c1-3-20(4-2)18(16-11-7-5-8-12-16)15-19-17-13-9-6-10-14-17/h5,7-8,11-12,17-19H,3-4,6,9-10,13-15H2,1-2H3. The highest BCUT2D eigenvalue weighted by Crippen LogP contribution is 2.22. The van der Waals surface area contributed by atoms with Crippen LogP contribution in [0.15, 0.2) is 30.3 Å². The van der Waals surface area contributed by atoms with Crippen LogP contribution in [0, 0.1) is 0 Å². The van der Waals surface area contributed by atoms with Gasteiger partial charge in [-0.25, -0.2) is 0 Å². The van der Waals surface area contributed by atoms with Crippen LogP contribution < -0.4 is 5.32 Å². The van der Waals surface area contributed by atoms with Gasteiger partial charge in [-0.05, 0) is 31.5 Å². The van der Waals surface area contributed by atoms with Crippen molar-refractivity contribution in [2.24, 2.45) is 0 Å². The Bertz CT molecular complexity index is 353. The Hall–Kier alpha value is -0.860. The Morgan fingerprint density at radius 3 is 2.30 bits per heavy atom. The van der Waals surface area contributed by atoms with Crippen molar-refractivity contribution in [1.29, 1.82) is 0 Å². The molecule has 0 amide bonds. The summed E-state index contributed by atoms with van der Waals surface area (Å²) in [5.41, 5.74) is 1.44. The first-order chi connectivity index (χ1) is 9.85. The molecule has 1 aliphatic carbocycles. The normalized spacial score (nSPS) is 18.4. The van der Waals surface area contributed by atoms with Gasteiger partial charge in [-0.2, -0.15) is 0 Å². The first-order valence-corrected chi connectivity index (χ1v) is 8.37. The van der Waals surface area contributed by atoms with E-state index in [0.717, 1.165) is 25.7 Å². The summed E-state index contributed by atoms with van der Waals surface area (Å²) in [6.07, 6.45) is 6.95. The predicted molar refractivity (Wildman–Crippen MR) is 87.0 cm³/mol. The summed E-state index contributed by atoms with van der Waals surface area (Å²) in [4.78, 5) is 2.56. The van der Waals surface area contributed by atoms with Crippen LogP contribution in [0.3, 0.4) is 0 Å². The molecule has 0 spiro atoms. The first kappa shape index (κ1) is 15.5. The number of hydrogen-bond donors (Lipinski definition) is 1. The van der Waals surface area contributed by atoms with Crippen molar-refractivity contribution in [1.82, 2.24) is 10.2 Å². The smallest absolute Gasteiger partial charge is 0.0472 e. The van der Waals surface area contributed by atoms with Crippen LogP contribution in [0.4, 0.5) is 0 Å². The highest BCUT2D eigenvalue weighted by molar-refractivity contribution is 5.19. The third kappa shape index (κ3) is 4.32. The summed E-state index contributed by atoms with van der Waals surface area (Å²) in [6, 6.07) is 12.2. The summed E-state index contributed by atoms with van der Waals surface area (Å²) < 4.78 is 0. The molecule has 1 unspecified atom stereocenters. The molecular formula is C18H30N2. The Morgan fingerprint density at radius 1 is 1.05 bits per heavy atom. The van der Waals surface area contributed by atoms with E-state index in [4.69, 9.17) is 0 Å². The lowest BCUT2D eigenvalue weighted by atomic mass is 9.95. The number of nitrogens with zero attached hydrogens (tertiary/aromatic N) is 1. The van der Waals surface area contributed by atoms with Crippen molar-refractivity contribution in [3.63, 3.8) is 0 Å². The molecule has 0 aliphatic heterocycles. The van der Waals surface area contributed by atoms with E-state index < -0.39 is 0 Å². The minimum absolute atomic E-state index is 0.508. The van der Waals surface area contributed by atoms with Crippen molar-refractivity contribution < 1.29 is 0 Å². The Labute approximate surface area is 124 Å². The van der Waals surface area contributed by atoms with E-state index in [9.17, 15) is 0 Å². The van der Waals surface area contributed by atoms with Gasteiger partial charge in [0.05, 0.1) is 0 Å². The molecule has 1 aliphatic rings. The lowest BCUT2D eigenvalue weighted by Crippen LogP contribution is -2.40. The minimum atomic E-state index is 0.508. The van der Waals surface area contributed by atoms with Crippen LogP contribution in [-0.4, -0.2) is 30.6 Å². The second-order valence-corrected chi connectivity index (χ2v) is 5.89. The predicted octanol–water partition coefficient (Wildman–Crippen LogP) is 3.99. The van der Waals surface area contributed by atoms with Crippen molar-refractivity contribution in [3.05, 3.63) is 35.9 Å². The zero-order chi connectivity index (χ0) is 14.2. The van der Waals surface area contributed by atoms with E-state index in [1.165, 1.54) is 37.7 Å². The minimum Gasteiger partial charge on any atom is -0.312 e. The molecule has 1 aromatic carbocycles. The second-order valence-electron chi connectivity index (χ2n) is 5.89. The highest BCUT2D eigenvalue weighted by Gasteiger charge is 2.20. The third-order valence-corrected chi connectivity index (χ3v) is 4.64. The molecule has 1 saturated carbocycles. The average molecular weight is 274 g/mol. The van der Waals surface area contributed by atoms with Crippen LogP contribution >= 0.6 is 0 Å². The van der Waals surface area contributed by atoms with Crippen molar-refractivity contribution in [2.75, 3.05) is 19.6 Å². The Balaban J connectivity index is 1.98. The molecule has 2 nitrogen and oxygen atoms in total. The molecule has 1 aromatic rings. The first-order valence-electron chi connectivity index (χ1n) is 8.37. The zero-order valence-corrected chi connectivity index (χ0v) is 13.1. The van der Waals surface area contributed by atoms with Gasteiger partial charge in [0.1, 0.15) is 0 Å². The van der Waals surface area contributed by atoms with Gasteiger partial charge in [0, 0.05) is 18.6 Å². The van der Waals surface area contributed by atoms with Gasteiger partial charge < -0.3 is 5.32 Å². The fraction of sp³-hybridized carbons (Fsp3) is 0.667. The number of hydrogen-bond acceptors (Lipinski definition) is 2. The summed E-state index contributed by atoms with van der Waals surface area (Å²) >= 11 is 0. The summed E-state index contributed by atoms with van der Waals surface area (Å²) in [7, 11) is 0. The number of rotatable bonds is 7. The van der Waals surface area contributed by atoms with E-state index in [2.05, 4.69) is 54.4 Å². The fourth-order valence-electron chi connectivity index (χ4n) is 3.38. The molecule has 1 N–H and O–H groups in total. The number of nitrogens with one attached hydrogen (secondary N) is 1. The Kier molecular flexibility index (Phi) is 6.55. The zero-order valence-electron chi connectivity index (χ0n) is 13.1. The molecule has 2 heteroatoms. The molecule has 2 rings (SSSR count). The lowest BCUT2D eigenvalue weighted by molar-refractivity contribution is 0.203. The Morgan fingerprint density at radius 2 is 1.70 bits per heavy atom. The SMILES string of the molecule is CCN(CC)C(CNC1CCCCC1)c1ccccc1. The summed E-state index contributed by atoms with van der Waals surface area (Å²) in [6.45, 7) is 7.83. The molecule has 0 heterocycles. The molecule has 0 aromatic heterocycles. The maximum absolute atomic E-state index is 3.83. The molecule has 1 fully saturated rings. The van der Waals surface area contributed by atoms with Crippen LogP contribution in [0.25, 0.3) is 0 Å². The summed E-state index contributed by atoms with van der Waals surface area (Å²) in [5, 5.41) is 3.83. The molecule has 0 saturated heterocycles. The van der Waals surface area contributed by atoms with Crippen molar-refractivity contribution >= 4 is 0 Å². The van der Waals surface area contributed by atoms with Crippen LogP contribution in [-0.2, 0) is 0 Å². The van der Waals surface area contributed by atoms with E-state index >= 15 is 0 Å². The second kappa shape index (κ2) is 8.43. The molecule has 112 valence electrons. The highest BCUT2D eigenvalue weighted by atomic mass is 15.2. The van der Waals surface area contributed by atoms with Gasteiger partial charge in [-0.15, -0.1) is 0 Å². The number of likely N-dealkylation sites (N-methyl/N-ethyl adjacent to an activating group) is 1. The van der Waals surface area contributed by atoms with E-state index in [1.807, 2.05) is 0 Å².